The molecule has 0 radical (unpaired) electrons. The summed E-state index contributed by atoms with van der Waals surface area (Å²) >= 11 is 0. The normalized spacial score (nSPS) is 14.1. The molecule has 1 aromatic heterocycles. The maximum atomic E-state index is 12.4. The van der Waals surface area contributed by atoms with Crippen LogP contribution in [0.2, 0.25) is 0 Å². The largest absolute Gasteiger partial charge is 0.497 e. The third-order valence-corrected chi connectivity index (χ3v) is 6.05. The lowest BCUT2D eigenvalue weighted by atomic mass is 10.1. The Morgan fingerprint density at radius 2 is 1.62 bits per heavy atom. The topological polar surface area (TPSA) is 86.8 Å². The first-order chi connectivity index (χ1) is 16.4. The van der Waals surface area contributed by atoms with Gasteiger partial charge in [-0.05, 0) is 55.9 Å². The highest BCUT2D eigenvalue weighted by Crippen LogP contribution is 2.26. The van der Waals surface area contributed by atoms with Crippen LogP contribution in [0.3, 0.4) is 0 Å². The molecule has 0 atom stereocenters. The van der Waals surface area contributed by atoms with Crippen molar-refractivity contribution >= 4 is 39.9 Å². The quantitative estimate of drug-likeness (QED) is 0.559. The molecule has 1 aliphatic heterocycles. The van der Waals surface area contributed by atoms with E-state index in [1.807, 2.05) is 18.2 Å². The fraction of sp³-hybridized carbons (Fsp3) is 0.346. The van der Waals surface area contributed by atoms with E-state index in [0.717, 1.165) is 48.5 Å². The predicted octanol–water partition coefficient (Wildman–Crippen LogP) is 3.66. The van der Waals surface area contributed by atoms with Gasteiger partial charge in [-0.2, -0.15) is 0 Å². The van der Waals surface area contributed by atoms with Crippen LogP contribution < -0.4 is 20.3 Å². The lowest BCUT2D eigenvalue weighted by Crippen LogP contribution is -2.44. The number of aromatic nitrogens is 1. The summed E-state index contributed by atoms with van der Waals surface area (Å²) in [7, 11) is 3.71. The zero-order valence-corrected chi connectivity index (χ0v) is 19.9. The summed E-state index contributed by atoms with van der Waals surface area (Å²) in [4.78, 5) is 34.2. The number of fused-ring (bicyclic) bond motifs is 1. The summed E-state index contributed by atoms with van der Waals surface area (Å²) < 4.78 is 5.16. The van der Waals surface area contributed by atoms with Crippen LogP contribution in [0.15, 0.2) is 48.5 Å². The van der Waals surface area contributed by atoms with Gasteiger partial charge in [0.05, 0.1) is 12.6 Å². The van der Waals surface area contributed by atoms with E-state index in [2.05, 4.69) is 40.5 Å². The predicted molar refractivity (Wildman–Crippen MR) is 136 cm³/mol. The molecule has 0 aliphatic carbocycles. The van der Waals surface area contributed by atoms with Crippen LogP contribution in [0, 0.1) is 6.92 Å². The molecule has 2 N–H and O–H groups in total. The Labute approximate surface area is 199 Å². The molecule has 0 bridgehead atoms. The van der Waals surface area contributed by atoms with Gasteiger partial charge in [0.2, 0.25) is 11.8 Å². The van der Waals surface area contributed by atoms with Gasteiger partial charge < -0.3 is 25.2 Å². The van der Waals surface area contributed by atoms with Gasteiger partial charge in [0.25, 0.3) is 0 Å². The first-order valence-corrected chi connectivity index (χ1v) is 11.5. The fourth-order valence-electron chi connectivity index (χ4n) is 4.03. The first-order valence-electron chi connectivity index (χ1n) is 11.5. The third-order valence-electron chi connectivity index (χ3n) is 6.05. The molecule has 2 aromatic carbocycles. The van der Waals surface area contributed by atoms with Gasteiger partial charge >= 0.3 is 0 Å². The van der Waals surface area contributed by atoms with Crippen molar-refractivity contribution in [1.82, 2.24) is 9.88 Å². The highest BCUT2D eigenvalue weighted by atomic mass is 16.5. The molecule has 3 aromatic rings. The maximum Gasteiger partial charge on any atom is 0.224 e. The average Bonchev–Trinajstić information content (AvgIpc) is 2.83. The number of piperazine rings is 1. The highest BCUT2D eigenvalue weighted by molar-refractivity contribution is 5.98. The molecular weight excluding hydrogens is 430 g/mol. The molecule has 34 heavy (non-hydrogen) atoms. The van der Waals surface area contributed by atoms with Crippen LogP contribution in [0.5, 0.6) is 5.75 Å². The zero-order chi connectivity index (χ0) is 24.1. The van der Waals surface area contributed by atoms with Gasteiger partial charge in [0.15, 0.2) is 0 Å². The molecule has 1 aliphatic rings. The Morgan fingerprint density at radius 1 is 0.941 bits per heavy atom. The Kier molecular flexibility index (Phi) is 7.27. The third kappa shape index (κ3) is 5.82. The zero-order valence-electron chi connectivity index (χ0n) is 19.9. The van der Waals surface area contributed by atoms with Crippen LogP contribution in [-0.4, -0.2) is 62.0 Å². The van der Waals surface area contributed by atoms with Crippen LogP contribution >= 0.6 is 0 Å². The number of hydrogen-bond donors (Lipinski definition) is 2. The number of nitrogens with one attached hydrogen (secondary N) is 2. The Hall–Kier alpha value is -3.65. The van der Waals surface area contributed by atoms with Crippen LogP contribution in [0.4, 0.5) is 17.2 Å². The molecule has 0 saturated carbocycles. The minimum Gasteiger partial charge on any atom is -0.497 e. The lowest BCUT2D eigenvalue weighted by molar-refractivity contribution is -0.121. The number of nitrogens with zero attached hydrogens (tertiary/aromatic N) is 3. The van der Waals surface area contributed by atoms with E-state index in [0.29, 0.717) is 17.1 Å². The molecular formula is C26H31N5O3. The summed E-state index contributed by atoms with van der Waals surface area (Å²) in [5.41, 5.74) is 3.36. The van der Waals surface area contributed by atoms with Crippen molar-refractivity contribution in [3.8, 4) is 5.75 Å². The van der Waals surface area contributed by atoms with E-state index in [9.17, 15) is 9.59 Å². The van der Waals surface area contributed by atoms with E-state index in [1.54, 1.807) is 31.4 Å². The number of amides is 2. The number of likely N-dealkylation sites (N-methyl/N-ethyl adjacent to an activating group) is 1. The number of aryl methyl sites for hydroxylation is 1. The van der Waals surface area contributed by atoms with E-state index < -0.39 is 0 Å². The van der Waals surface area contributed by atoms with Gasteiger partial charge in [-0.25, -0.2) is 4.98 Å². The monoisotopic (exact) mass is 461 g/mol. The number of rotatable bonds is 7. The van der Waals surface area contributed by atoms with E-state index in [-0.39, 0.29) is 24.7 Å². The number of carbonyl (C=O) groups excluding carboxylic acids is 2. The number of pyridine rings is 1. The van der Waals surface area contributed by atoms with Crippen molar-refractivity contribution < 1.29 is 14.3 Å². The van der Waals surface area contributed by atoms with E-state index in [4.69, 9.17) is 9.72 Å². The second kappa shape index (κ2) is 10.5. The summed E-state index contributed by atoms with van der Waals surface area (Å²) in [6.45, 7) is 6.06. The van der Waals surface area contributed by atoms with Crippen LogP contribution in [0.1, 0.15) is 18.4 Å². The highest BCUT2D eigenvalue weighted by Gasteiger charge is 2.17. The molecule has 2 heterocycles. The summed E-state index contributed by atoms with van der Waals surface area (Å²) in [5, 5.41) is 6.69. The SMILES string of the molecule is COc1cccc(NC(=O)CCC(=O)Nc2ccc3nc(N4CCN(C)CC4)cc(C)c3c2)c1. The average molecular weight is 462 g/mol. The van der Waals surface area contributed by atoms with Crippen molar-refractivity contribution in [2.75, 3.05) is 55.9 Å². The Morgan fingerprint density at radius 3 is 2.29 bits per heavy atom. The first kappa shape index (κ1) is 23.5. The number of methoxy groups -OCH3 is 1. The molecule has 0 spiro atoms. The summed E-state index contributed by atoms with van der Waals surface area (Å²) in [6.07, 6.45) is 0.180. The number of hydrogen-bond acceptors (Lipinski definition) is 6. The molecule has 0 unspecified atom stereocenters. The summed E-state index contributed by atoms with van der Waals surface area (Å²) in [5.74, 6) is 1.22. The van der Waals surface area contributed by atoms with Gasteiger partial charge in [-0.15, -0.1) is 0 Å². The lowest BCUT2D eigenvalue weighted by Gasteiger charge is -2.33. The summed E-state index contributed by atoms with van der Waals surface area (Å²) in [6, 6.07) is 15.0. The van der Waals surface area contributed by atoms with Crippen molar-refractivity contribution in [3.05, 3.63) is 54.1 Å². The van der Waals surface area contributed by atoms with Crippen molar-refractivity contribution in [2.24, 2.45) is 0 Å². The smallest absolute Gasteiger partial charge is 0.224 e. The molecule has 8 nitrogen and oxygen atoms in total. The van der Waals surface area contributed by atoms with Gasteiger partial charge in [0.1, 0.15) is 11.6 Å². The fourth-order valence-corrected chi connectivity index (χ4v) is 4.03. The minimum atomic E-state index is -0.224. The molecule has 8 heteroatoms. The van der Waals surface area contributed by atoms with Crippen LogP contribution in [-0.2, 0) is 9.59 Å². The number of carbonyl (C=O) groups is 2. The molecule has 2 amide bonds. The Bertz CT molecular complexity index is 1190. The van der Waals surface area contributed by atoms with E-state index >= 15 is 0 Å². The molecule has 1 saturated heterocycles. The number of anilines is 3. The maximum absolute atomic E-state index is 12.4. The van der Waals surface area contributed by atoms with Crippen molar-refractivity contribution in [1.29, 1.82) is 0 Å². The van der Waals surface area contributed by atoms with Crippen molar-refractivity contribution in [2.45, 2.75) is 19.8 Å². The number of ether oxygens (including phenoxy) is 1. The molecule has 178 valence electrons. The van der Waals surface area contributed by atoms with Crippen LogP contribution in [0.25, 0.3) is 10.9 Å². The second-order valence-electron chi connectivity index (χ2n) is 8.65. The minimum absolute atomic E-state index is 0.0889. The Balaban J connectivity index is 1.35. The number of benzene rings is 2. The standard InChI is InChI=1S/C26H31N5O3/c1-18-15-24(31-13-11-30(2)12-14-31)29-23-8-7-20(17-22(18)23)28-26(33)10-9-25(32)27-19-5-4-6-21(16-19)34-3/h4-8,15-17H,9-14H2,1-3H3,(H,27,32)(H,28,33). The van der Waals surface area contributed by atoms with Gasteiger partial charge in [-0.3, -0.25) is 9.59 Å². The van der Waals surface area contributed by atoms with Gasteiger partial charge in [-0.1, -0.05) is 6.07 Å². The molecule has 1 fully saturated rings. The van der Waals surface area contributed by atoms with Gasteiger partial charge in [0, 0.05) is 61.8 Å². The van der Waals surface area contributed by atoms with Crippen molar-refractivity contribution in [3.63, 3.8) is 0 Å². The second-order valence-corrected chi connectivity index (χ2v) is 8.65. The van der Waals surface area contributed by atoms with E-state index in [1.165, 1.54) is 0 Å². The molecule has 4 rings (SSSR count).